The largest absolute Gasteiger partial charge is 0.394 e. The maximum atomic E-state index is 14.5. The summed E-state index contributed by atoms with van der Waals surface area (Å²) in [6.45, 7) is 1.12. The van der Waals surface area contributed by atoms with Gasteiger partial charge in [0.1, 0.15) is 11.6 Å². The van der Waals surface area contributed by atoms with Crippen molar-refractivity contribution < 1.29 is 18.7 Å². The van der Waals surface area contributed by atoms with Gasteiger partial charge >= 0.3 is 0 Å². The maximum absolute atomic E-state index is 14.5. The van der Waals surface area contributed by atoms with Crippen LogP contribution in [0.2, 0.25) is 0 Å². The number of H-pyrrole nitrogens is 1. The van der Waals surface area contributed by atoms with E-state index in [1.165, 1.54) is 24.3 Å². The van der Waals surface area contributed by atoms with E-state index in [1.807, 2.05) is 6.07 Å². The Morgan fingerprint density at radius 1 is 1.28 bits per heavy atom. The van der Waals surface area contributed by atoms with E-state index in [2.05, 4.69) is 10.3 Å². The van der Waals surface area contributed by atoms with Gasteiger partial charge in [-0.05, 0) is 55.5 Å². The standard InChI is InChI=1S/C24H21F2N3O3/c1-12-16(24(32)29-19-7-6-17(25)23(22(12)19)14-3-4-14)9-21(31)28-20(11-30)15-5-2-13(10-27)8-18(15)26/h2,5-8,14,20,30H,3-4,9,11H2,1H3,(H,28,31)(H,29,32). The van der Waals surface area contributed by atoms with Gasteiger partial charge in [-0.2, -0.15) is 5.26 Å². The van der Waals surface area contributed by atoms with Crippen molar-refractivity contribution in [3.8, 4) is 6.07 Å². The lowest BCUT2D eigenvalue weighted by Crippen LogP contribution is -2.34. The highest BCUT2D eigenvalue weighted by Gasteiger charge is 2.30. The van der Waals surface area contributed by atoms with Crippen LogP contribution >= 0.6 is 0 Å². The molecule has 1 aliphatic rings. The SMILES string of the molecule is Cc1c(CC(=O)NC(CO)c2ccc(C#N)cc2F)c(=O)[nH]c2ccc(F)c(C3CC3)c12. The second-order valence-electron chi connectivity index (χ2n) is 8.04. The molecule has 0 radical (unpaired) electrons. The summed E-state index contributed by atoms with van der Waals surface area (Å²) in [5.41, 5.74) is 1.50. The molecule has 4 rings (SSSR count). The minimum absolute atomic E-state index is 0.0297. The number of nitriles is 1. The molecule has 1 heterocycles. The lowest BCUT2D eigenvalue weighted by atomic mass is 9.95. The fourth-order valence-corrected chi connectivity index (χ4v) is 4.11. The molecule has 1 fully saturated rings. The van der Waals surface area contributed by atoms with Crippen LogP contribution in [0.1, 0.15) is 52.6 Å². The fourth-order valence-electron chi connectivity index (χ4n) is 4.11. The first-order valence-electron chi connectivity index (χ1n) is 10.3. The summed E-state index contributed by atoms with van der Waals surface area (Å²) in [5, 5.41) is 21.7. The van der Waals surface area contributed by atoms with Gasteiger partial charge in [-0.3, -0.25) is 9.59 Å². The van der Waals surface area contributed by atoms with Crippen LogP contribution in [0.5, 0.6) is 0 Å². The molecule has 0 spiro atoms. The predicted octanol–water partition coefficient (Wildman–Crippen LogP) is 3.26. The number of nitrogens with one attached hydrogen (secondary N) is 2. The highest BCUT2D eigenvalue weighted by Crippen LogP contribution is 2.45. The molecule has 6 nitrogen and oxygen atoms in total. The topological polar surface area (TPSA) is 106 Å². The summed E-state index contributed by atoms with van der Waals surface area (Å²) in [7, 11) is 0. The van der Waals surface area contributed by atoms with E-state index in [4.69, 9.17) is 5.26 Å². The number of fused-ring (bicyclic) bond motifs is 1. The Morgan fingerprint density at radius 2 is 2.03 bits per heavy atom. The van der Waals surface area contributed by atoms with Gasteiger partial charge in [0.15, 0.2) is 0 Å². The monoisotopic (exact) mass is 437 g/mol. The van der Waals surface area contributed by atoms with Gasteiger partial charge in [-0.15, -0.1) is 0 Å². The highest BCUT2D eigenvalue weighted by atomic mass is 19.1. The van der Waals surface area contributed by atoms with Crippen molar-refractivity contribution in [3.63, 3.8) is 0 Å². The van der Waals surface area contributed by atoms with Gasteiger partial charge in [-0.25, -0.2) is 8.78 Å². The number of hydrogen-bond donors (Lipinski definition) is 3. The van der Waals surface area contributed by atoms with Crippen LogP contribution in [0.4, 0.5) is 8.78 Å². The smallest absolute Gasteiger partial charge is 0.252 e. The molecule has 1 saturated carbocycles. The minimum Gasteiger partial charge on any atom is -0.394 e. The molecule has 2 aromatic carbocycles. The number of benzene rings is 2. The summed E-state index contributed by atoms with van der Waals surface area (Å²) >= 11 is 0. The molecule has 1 aliphatic carbocycles. The number of nitrogens with zero attached hydrogens (tertiary/aromatic N) is 1. The summed E-state index contributed by atoms with van der Waals surface area (Å²) in [4.78, 5) is 28.1. The third-order valence-electron chi connectivity index (χ3n) is 5.89. The first-order chi connectivity index (χ1) is 15.3. The van der Waals surface area contributed by atoms with Crippen molar-refractivity contribution in [1.29, 1.82) is 5.26 Å². The van der Waals surface area contributed by atoms with Crippen molar-refractivity contribution in [3.05, 3.63) is 80.1 Å². The zero-order valence-electron chi connectivity index (χ0n) is 17.3. The summed E-state index contributed by atoms with van der Waals surface area (Å²) in [6.07, 6.45) is 1.43. The number of halogens is 2. The van der Waals surface area contributed by atoms with E-state index >= 15 is 0 Å². The molecule has 1 amide bonds. The van der Waals surface area contributed by atoms with Crippen LogP contribution in [-0.2, 0) is 11.2 Å². The van der Waals surface area contributed by atoms with Crippen molar-refractivity contribution in [2.24, 2.45) is 0 Å². The molecule has 1 unspecified atom stereocenters. The predicted molar refractivity (Wildman–Crippen MR) is 114 cm³/mol. The van der Waals surface area contributed by atoms with Crippen molar-refractivity contribution >= 4 is 16.8 Å². The Balaban J connectivity index is 1.64. The third-order valence-corrected chi connectivity index (χ3v) is 5.89. The van der Waals surface area contributed by atoms with Crippen LogP contribution in [0, 0.1) is 29.9 Å². The normalized spacial score (nSPS) is 14.2. The molecule has 8 heteroatoms. The molecule has 1 aromatic heterocycles. The number of aliphatic hydroxyl groups is 1. The first kappa shape index (κ1) is 21.7. The van der Waals surface area contributed by atoms with Crippen molar-refractivity contribution in [2.75, 3.05) is 6.61 Å². The third kappa shape index (κ3) is 3.99. The second kappa shape index (κ2) is 8.52. The average molecular weight is 437 g/mol. The maximum Gasteiger partial charge on any atom is 0.252 e. The minimum atomic E-state index is -1.05. The number of aromatic amines is 1. The first-order valence-corrected chi connectivity index (χ1v) is 10.3. The van der Waals surface area contributed by atoms with Crippen LogP contribution in [0.15, 0.2) is 35.1 Å². The Kier molecular flexibility index (Phi) is 5.76. The molecular formula is C24H21F2N3O3. The Bertz CT molecular complexity index is 1320. The summed E-state index contributed by atoms with van der Waals surface area (Å²) < 4.78 is 28.8. The van der Waals surface area contributed by atoms with Gasteiger partial charge in [0, 0.05) is 27.6 Å². The van der Waals surface area contributed by atoms with Gasteiger partial charge < -0.3 is 15.4 Å². The average Bonchev–Trinajstić information content (AvgIpc) is 3.60. The van der Waals surface area contributed by atoms with Crippen molar-refractivity contribution in [1.82, 2.24) is 10.3 Å². The zero-order valence-corrected chi connectivity index (χ0v) is 17.3. The Labute approximate surface area is 182 Å². The highest BCUT2D eigenvalue weighted by molar-refractivity contribution is 5.89. The van der Waals surface area contributed by atoms with E-state index in [0.29, 0.717) is 22.0 Å². The second-order valence-corrected chi connectivity index (χ2v) is 8.04. The number of carbonyl (C=O) groups excluding carboxylic acids is 1. The molecule has 3 N–H and O–H groups in total. The molecule has 0 aliphatic heterocycles. The number of rotatable bonds is 6. The van der Waals surface area contributed by atoms with Gasteiger partial charge in [0.25, 0.3) is 5.56 Å². The Hall–Kier alpha value is -3.57. The zero-order chi connectivity index (χ0) is 23.0. The van der Waals surface area contributed by atoms with E-state index in [-0.39, 0.29) is 34.8 Å². The van der Waals surface area contributed by atoms with Gasteiger partial charge in [0.2, 0.25) is 5.91 Å². The number of amides is 1. The fraction of sp³-hybridized carbons (Fsp3) is 0.292. The summed E-state index contributed by atoms with van der Waals surface area (Å²) in [6, 6.07) is 7.37. The number of pyridine rings is 1. The van der Waals surface area contributed by atoms with Gasteiger partial charge in [-0.1, -0.05) is 6.07 Å². The molecule has 0 bridgehead atoms. The van der Waals surface area contributed by atoms with Gasteiger partial charge in [0.05, 0.1) is 30.7 Å². The van der Waals surface area contributed by atoms with E-state index < -0.39 is 29.9 Å². The molecule has 1 atom stereocenters. The molecule has 32 heavy (non-hydrogen) atoms. The van der Waals surface area contributed by atoms with E-state index in [9.17, 15) is 23.5 Å². The molecule has 164 valence electrons. The number of aromatic nitrogens is 1. The van der Waals surface area contributed by atoms with Crippen molar-refractivity contribution in [2.45, 2.75) is 38.1 Å². The number of carbonyl (C=O) groups is 1. The quantitative estimate of drug-likeness (QED) is 0.550. The Morgan fingerprint density at radius 3 is 2.66 bits per heavy atom. The lowest BCUT2D eigenvalue weighted by molar-refractivity contribution is -0.121. The van der Waals surface area contributed by atoms with Crippen LogP contribution in [0.3, 0.4) is 0 Å². The summed E-state index contributed by atoms with van der Waals surface area (Å²) in [5.74, 6) is -1.55. The molecular weight excluding hydrogens is 416 g/mol. The molecule has 0 saturated heterocycles. The lowest BCUT2D eigenvalue weighted by Gasteiger charge is -2.18. The van der Waals surface area contributed by atoms with E-state index in [0.717, 1.165) is 18.9 Å². The van der Waals surface area contributed by atoms with E-state index in [1.54, 1.807) is 6.92 Å². The molecule has 3 aromatic rings. The van der Waals surface area contributed by atoms with Crippen LogP contribution < -0.4 is 10.9 Å². The number of aliphatic hydroxyl groups excluding tert-OH is 1. The number of aryl methyl sites for hydroxylation is 1. The van der Waals surface area contributed by atoms with Crippen LogP contribution in [0.25, 0.3) is 10.9 Å². The number of hydrogen-bond acceptors (Lipinski definition) is 4. The van der Waals surface area contributed by atoms with Crippen LogP contribution in [-0.4, -0.2) is 22.6 Å².